The number of aryl methyl sites for hydroxylation is 1. The van der Waals surface area contributed by atoms with E-state index < -0.39 is 5.82 Å². The predicted molar refractivity (Wildman–Crippen MR) is 86.9 cm³/mol. The first-order valence-corrected chi connectivity index (χ1v) is 8.11. The van der Waals surface area contributed by atoms with Gasteiger partial charge in [0, 0.05) is 17.3 Å². The van der Waals surface area contributed by atoms with Gasteiger partial charge in [-0.05, 0) is 24.6 Å². The quantitative estimate of drug-likeness (QED) is 0.478. The van der Waals surface area contributed by atoms with Crippen molar-refractivity contribution < 1.29 is 13.9 Å². The van der Waals surface area contributed by atoms with Gasteiger partial charge in [-0.3, -0.25) is 9.59 Å². The molecule has 0 fully saturated rings. The zero-order valence-electron chi connectivity index (χ0n) is 12.9. The Labute approximate surface area is 137 Å². The van der Waals surface area contributed by atoms with Crippen molar-refractivity contribution in [3.8, 4) is 5.75 Å². The van der Waals surface area contributed by atoms with Gasteiger partial charge in [-0.1, -0.05) is 25.1 Å². The molecule has 0 unspecified atom stereocenters. The fourth-order valence-corrected chi connectivity index (χ4v) is 2.78. The van der Waals surface area contributed by atoms with E-state index in [0.29, 0.717) is 17.3 Å². The molecule has 0 aliphatic rings. The van der Waals surface area contributed by atoms with Crippen LogP contribution in [0, 0.1) is 5.82 Å². The number of hydrogen-bond donors (Lipinski definition) is 1. The van der Waals surface area contributed by atoms with E-state index >= 15 is 0 Å². The zero-order valence-corrected chi connectivity index (χ0v) is 13.7. The third kappa shape index (κ3) is 4.66. The number of thioether (sulfide) groups is 1. The number of benzene rings is 1. The SMILES string of the molecule is CCCc1cc(=O)[nH]c(SCC(=O)c2ccc(OC)c(F)c2)n1. The van der Waals surface area contributed by atoms with Crippen molar-refractivity contribution in [3.63, 3.8) is 0 Å². The van der Waals surface area contributed by atoms with Crippen LogP contribution in [0.15, 0.2) is 34.2 Å². The van der Waals surface area contributed by atoms with Crippen LogP contribution in [0.1, 0.15) is 29.4 Å². The van der Waals surface area contributed by atoms with Gasteiger partial charge in [0.25, 0.3) is 5.56 Å². The van der Waals surface area contributed by atoms with Crippen LogP contribution in [0.5, 0.6) is 5.75 Å². The highest BCUT2D eigenvalue weighted by atomic mass is 32.2. The van der Waals surface area contributed by atoms with E-state index in [4.69, 9.17) is 4.74 Å². The van der Waals surface area contributed by atoms with Crippen LogP contribution >= 0.6 is 11.8 Å². The molecule has 0 aliphatic heterocycles. The summed E-state index contributed by atoms with van der Waals surface area (Å²) < 4.78 is 18.4. The van der Waals surface area contributed by atoms with Crippen molar-refractivity contribution in [1.29, 1.82) is 0 Å². The summed E-state index contributed by atoms with van der Waals surface area (Å²) in [4.78, 5) is 30.6. The van der Waals surface area contributed by atoms with Gasteiger partial charge in [-0.25, -0.2) is 9.37 Å². The maximum atomic E-state index is 13.6. The van der Waals surface area contributed by atoms with Crippen LogP contribution in [0.4, 0.5) is 4.39 Å². The summed E-state index contributed by atoms with van der Waals surface area (Å²) in [5, 5.41) is 0.392. The van der Waals surface area contributed by atoms with E-state index in [1.165, 1.54) is 25.3 Å². The van der Waals surface area contributed by atoms with E-state index in [-0.39, 0.29) is 28.4 Å². The number of aromatic amines is 1. The van der Waals surface area contributed by atoms with Gasteiger partial charge in [-0.15, -0.1) is 0 Å². The summed E-state index contributed by atoms with van der Waals surface area (Å²) in [6.07, 6.45) is 1.58. The Kier molecular flexibility index (Phi) is 5.92. The fraction of sp³-hybridized carbons (Fsp3) is 0.312. The molecule has 2 rings (SSSR count). The zero-order chi connectivity index (χ0) is 16.8. The van der Waals surface area contributed by atoms with Crippen LogP contribution in [-0.2, 0) is 6.42 Å². The molecular weight excluding hydrogens is 319 g/mol. The molecule has 1 aromatic carbocycles. The second-order valence-corrected chi connectivity index (χ2v) is 5.82. The molecule has 0 radical (unpaired) electrons. The molecule has 1 aromatic heterocycles. The third-order valence-corrected chi connectivity index (χ3v) is 3.97. The smallest absolute Gasteiger partial charge is 0.251 e. The molecule has 1 heterocycles. The van der Waals surface area contributed by atoms with Crippen LogP contribution < -0.4 is 10.3 Å². The second-order valence-electron chi connectivity index (χ2n) is 4.85. The number of halogens is 1. The van der Waals surface area contributed by atoms with E-state index in [1.54, 1.807) is 0 Å². The topological polar surface area (TPSA) is 72.0 Å². The predicted octanol–water partition coefficient (Wildman–Crippen LogP) is 2.85. The number of nitrogens with zero attached hydrogens (tertiary/aromatic N) is 1. The molecule has 0 saturated heterocycles. The van der Waals surface area contributed by atoms with Crippen LogP contribution in [-0.4, -0.2) is 28.6 Å². The second kappa shape index (κ2) is 7.92. The number of carbonyl (C=O) groups excluding carboxylic acids is 1. The average Bonchev–Trinajstić information content (AvgIpc) is 2.52. The summed E-state index contributed by atoms with van der Waals surface area (Å²) in [6, 6.07) is 5.52. The highest BCUT2D eigenvalue weighted by Gasteiger charge is 2.12. The summed E-state index contributed by atoms with van der Waals surface area (Å²) in [5.74, 6) is -0.683. The number of H-pyrrole nitrogens is 1. The van der Waals surface area contributed by atoms with Crippen molar-refractivity contribution in [2.45, 2.75) is 24.9 Å². The largest absolute Gasteiger partial charge is 0.494 e. The number of hydrogen-bond acceptors (Lipinski definition) is 5. The minimum Gasteiger partial charge on any atom is -0.494 e. The minimum absolute atomic E-state index is 0.0598. The van der Waals surface area contributed by atoms with Gasteiger partial charge >= 0.3 is 0 Å². The highest BCUT2D eigenvalue weighted by molar-refractivity contribution is 7.99. The molecular formula is C16H17FN2O3S. The van der Waals surface area contributed by atoms with Gasteiger partial charge in [0.05, 0.1) is 12.9 Å². The number of nitrogens with one attached hydrogen (secondary N) is 1. The van der Waals surface area contributed by atoms with E-state index in [1.807, 2.05) is 6.92 Å². The molecule has 0 atom stereocenters. The van der Waals surface area contributed by atoms with Gasteiger partial charge in [-0.2, -0.15) is 0 Å². The Morgan fingerprint density at radius 3 is 2.83 bits per heavy atom. The molecule has 0 bridgehead atoms. The number of carbonyl (C=O) groups is 1. The third-order valence-electron chi connectivity index (χ3n) is 3.09. The Hall–Kier alpha value is -2.15. The summed E-state index contributed by atoms with van der Waals surface area (Å²) in [6.45, 7) is 2.00. The van der Waals surface area contributed by atoms with E-state index in [0.717, 1.165) is 24.2 Å². The monoisotopic (exact) mass is 336 g/mol. The minimum atomic E-state index is -0.583. The summed E-state index contributed by atoms with van der Waals surface area (Å²) in [7, 11) is 1.36. The Morgan fingerprint density at radius 2 is 2.17 bits per heavy atom. The molecule has 0 aliphatic carbocycles. The Bertz CT molecular complexity index is 761. The number of rotatable bonds is 7. The lowest BCUT2D eigenvalue weighted by molar-refractivity contribution is 0.102. The number of ketones is 1. The molecule has 7 heteroatoms. The van der Waals surface area contributed by atoms with Crippen molar-refractivity contribution in [3.05, 3.63) is 51.7 Å². The lowest BCUT2D eigenvalue weighted by atomic mass is 10.1. The van der Waals surface area contributed by atoms with Crippen LogP contribution in [0.2, 0.25) is 0 Å². The van der Waals surface area contributed by atoms with Crippen LogP contribution in [0.25, 0.3) is 0 Å². The first kappa shape index (κ1) is 17.2. The van der Waals surface area contributed by atoms with Crippen LogP contribution in [0.3, 0.4) is 0 Å². The van der Waals surface area contributed by atoms with E-state index in [9.17, 15) is 14.0 Å². The summed E-state index contributed by atoms with van der Waals surface area (Å²) >= 11 is 1.12. The van der Waals surface area contributed by atoms with Crippen molar-refractivity contribution in [2.75, 3.05) is 12.9 Å². The lowest BCUT2D eigenvalue weighted by Crippen LogP contribution is -2.11. The molecule has 0 saturated carbocycles. The first-order valence-electron chi connectivity index (χ1n) is 7.13. The maximum absolute atomic E-state index is 13.6. The molecule has 5 nitrogen and oxygen atoms in total. The Morgan fingerprint density at radius 1 is 1.39 bits per heavy atom. The molecule has 122 valence electrons. The number of Topliss-reactive ketones (excluding diaryl/α,β-unsaturated/α-hetero) is 1. The highest BCUT2D eigenvalue weighted by Crippen LogP contribution is 2.20. The molecule has 2 aromatic rings. The normalized spacial score (nSPS) is 10.6. The maximum Gasteiger partial charge on any atom is 0.251 e. The van der Waals surface area contributed by atoms with Crippen molar-refractivity contribution in [1.82, 2.24) is 9.97 Å². The lowest BCUT2D eigenvalue weighted by Gasteiger charge is -2.05. The number of aromatic nitrogens is 2. The molecule has 1 N–H and O–H groups in total. The van der Waals surface area contributed by atoms with E-state index in [2.05, 4.69) is 9.97 Å². The number of methoxy groups -OCH3 is 1. The van der Waals surface area contributed by atoms with Gasteiger partial charge in [0.15, 0.2) is 22.5 Å². The summed E-state index contributed by atoms with van der Waals surface area (Å²) in [5.41, 5.74) is 0.707. The van der Waals surface area contributed by atoms with Crippen molar-refractivity contribution >= 4 is 17.5 Å². The average molecular weight is 336 g/mol. The first-order chi connectivity index (χ1) is 11.0. The molecule has 23 heavy (non-hydrogen) atoms. The number of ether oxygens (including phenoxy) is 1. The van der Waals surface area contributed by atoms with Gasteiger partial charge in [0.2, 0.25) is 0 Å². The fourth-order valence-electron chi connectivity index (χ4n) is 1.99. The Balaban J connectivity index is 2.07. The van der Waals surface area contributed by atoms with Gasteiger partial charge < -0.3 is 9.72 Å². The van der Waals surface area contributed by atoms with Gasteiger partial charge in [0.1, 0.15) is 0 Å². The standard InChI is InChI=1S/C16H17FN2O3S/c1-3-4-11-8-15(21)19-16(18-11)23-9-13(20)10-5-6-14(22-2)12(17)7-10/h5-8H,3-4,9H2,1-2H3,(H,18,19,21). The molecule has 0 amide bonds. The van der Waals surface area contributed by atoms with Crippen molar-refractivity contribution in [2.24, 2.45) is 0 Å². The molecule has 0 spiro atoms.